The molecule has 0 N–H and O–H groups in total. The fourth-order valence-corrected chi connectivity index (χ4v) is 3.32. The fraction of sp³-hybridized carbons (Fsp3) is 0.412. The molecular weight excluding hydrogens is 413 g/mol. The number of fused-ring (bicyclic) bond motifs is 1. The van der Waals surface area contributed by atoms with Crippen LogP contribution in [-0.2, 0) is 9.59 Å². The van der Waals surface area contributed by atoms with Gasteiger partial charge in [0.2, 0.25) is 5.91 Å². The topological polar surface area (TPSA) is 121 Å². The highest BCUT2D eigenvalue weighted by Crippen LogP contribution is 2.27. The standard InChI is InChI=1S/C17H15F3N4O6/c18-17(19,20)16(28)22-5-1-4-21(6-7-22)13(25)9-23-14(26)11-3-2-10(24(29)30)8-12(11)15(23)27/h2-3,8H,1,4-7,9H2. The van der Waals surface area contributed by atoms with Crippen molar-refractivity contribution in [1.82, 2.24) is 14.7 Å². The lowest BCUT2D eigenvalue weighted by molar-refractivity contribution is -0.384. The van der Waals surface area contributed by atoms with E-state index < -0.39 is 41.3 Å². The molecule has 0 saturated carbocycles. The van der Waals surface area contributed by atoms with Crippen LogP contribution in [0, 0.1) is 10.1 Å². The van der Waals surface area contributed by atoms with Crippen LogP contribution in [0.1, 0.15) is 27.1 Å². The van der Waals surface area contributed by atoms with E-state index in [2.05, 4.69) is 0 Å². The SMILES string of the molecule is O=C(CN1C(=O)c2ccc([N+](=O)[O-])cc2C1=O)N1CCCN(C(=O)C(F)(F)F)CC1. The molecule has 30 heavy (non-hydrogen) atoms. The summed E-state index contributed by atoms with van der Waals surface area (Å²) in [4.78, 5) is 61.3. The van der Waals surface area contributed by atoms with E-state index >= 15 is 0 Å². The third-order valence-electron chi connectivity index (χ3n) is 4.84. The number of carbonyl (C=O) groups excluding carboxylic acids is 4. The Hall–Kier alpha value is -3.51. The molecule has 0 atom stereocenters. The van der Waals surface area contributed by atoms with Gasteiger partial charge in [-0.15, -0.1) is 0 Å². The minimum atomic E-state index is -5.01. The number of imide groups is 1. The summed E-state index contributed by atoms with van der Waals surface area (Å²) in [5.74, 6) is -4.32. The van der Waals surface area contributed by atoms with Crippen LogP contribution in [0.5, 0.6) is 0 Å². The minimum absolute atomic E-state index is 0.0507. The van der Waals surface area contributed by atoms with Crippen molar-refractivity contribution in [3.63, 3.8) is 0 Å². The lowest BCUT2D eigenvalue weighted by atomic mass is 10.1. The third kappa shape index (κ3) is 3.95. The number of carbonyl (C=O) groups is 4. The number of alkyl halides is 3. The number of halogens is 3. The first-order valence-electron chi connectivity index (χ1n) is 8.79. The van der Waals surface area contributed by atoms with Gasteiger partial charge in [-0.2, -0.15) is 13.2 Å². The van der Waals surface area contributed by atoms with Crippen LogP contribution in [0.3, 0.4) is 0 Å². The van der Waals surface area contributed by atoms with Crippen LogP contribution in [0.4, 0.5) is 18.9 Å². The molecule has 3 rings (SSSR count). The van der Waals surface area contributed by atoms with Gasteiger partial charge in [0.05, 0.1) is 16.1 Å². The molecule has 1 aromatic carbocycles. The number of rotatable bonds is 3. The van der Waals surface area contributed by atoms with Gasteiger partial charge in [-0.05, 0) is 12.5 Å². The average Bonchev–Trinajstić information content (AvgIpc) is 2.86. The van der Waals surface area contributed by atoms with Gasteiger partial charge in [0.1, 0.15) is 6.54 Å². The number of benzene rings is 1. The Kier molecular flexibility index (Phi) is 5.46. The van der Waals surface area contributed by atoms with E-state index in [4.69, 9.17) is 0 Å². The average molecular weight is 428 g/mol. The lowest BCUT2D eigenvalue weighted by Gasteiger charge is -2.24. The van der Waals surface area contributed by atoms with Gasteiger partial charge >= 0.3 is 12.1 Å². The van der Waals surface area contributed by atoms with Gasteiger partial charge in [0.25, 0.3) is 17.5 Å². The maximum absolute atomic E-state index is 12.6. The fourth-order valence-electron chi connectivity index (χ4n) is 3.32. The molecule has 0 aromatic heterocycles. The molecule has 0 aliphatic carbocycles. The normalized spacial score (nSPS) is 17.1. The summed E-state index contributed by atoms with van der Waals surface area (Å²) < 4.78 is 37.8. The highest BCUT2D eigenvalue weighted by molar-refractivity contribution is 6.22. The van der Waals surface area contributed by atoms with Crippen molar-refractivity contribution < 1.29 is 37.3 Å². The molecule has 1 fully saturated rings. The molecular formula is C17H15F3N4O6. The molecule has 0 unspecified atom stereocenters. The molecule has 1 aromatic rings. The summed E-state index contributed by atoms with van der Waals surface area (Å²) in [5, 5.41) is 10.9. The second-order valence-corrected chi connectivity index (χ2v) is 6.71. The molecule has 13 heteroatoms. The maximum Gasteiger partial charge on any atom is 0.471 e. The summed E-state index contributed by atoms with van der Waals surface area (Å²) in [7, 11) is 0. The second-order valence-electron chi connectivity index (χ2n) is 6.71. The van der Waals surface area contributed by atoms with E-state index in [-0.39, 0.29) is 49.4 Å². The van der Waals surface area contributed by atoms with Crippen molar-refractivity contribution >= 4 is 29.3 Å². The molecule has 160 valence electrons. The first kappa shape index (κ1) is 21.2. The monoisotopic (exact) mass is 428 g/mol. The van der Waals surface area contributed by atoms with Crippen LogP contribution in [0.15, 0.2) is 18.2 Å². The van der Waals surface area contributed by atoms with Gasteiger partial charge in [0.15, 0.2) is 0 Å². The van der Waals surface area contributed by atoms with Crippen molar-refractivity contribution in [2.75, 3.05) is 32.7 Å². The van der Waals surface area contributed by atoms with Crippen LogP contribution < -0.4 is 0 Å². The second kappa shape index (κ2) is 7.72. The Balaban J connectivity index is 1.68. The molecule has 1 saturated heterocycles. The van der Waals surface area contributed by atoms with Crippen molar-refractivity contribution in [3.05, 3.63) is 39.4 Å². The van der Waals surface area contributed by atoms with Crippen LogP contribution in [0.25, 0.3) is 0 Å². The van der Waals surface area contributed by atoms with Crippen LogP contribution in [-0.4, -0.2) is 82.2 Å². The Morgan fingerprint density at radius 3 is 2.23 bits per heavy atom. The van der Waals surface area contributed by atoms with Gasteiger partial charge in [-0.25, -0.2) is 0 Å². The van der Waals surface area contributed by atoms with E-state index in [1.807, 2.05) is 0 Å². The van der Waals surface area contributed by atoms with E-state index in [0.29, 0.717) is 9.80 Å². The predicted molar refractivity (Wildman–Crippen MR) is 92.3 cm³/mol. The first-order valence-corrected chi connectivity index (χ1v) is 8.79. The third-order valence-corrected chi connectivity index (χ3v) is 4.84. The highest BCUT2D eigenvalue weighted by Gasteiger charge is 2.43. The Bertz CT molecular complexity index is 948. The van der Waals surface area contributed by atoms with Crippen LogP contribution in [0.2, 0.25) is 0 Å². The van der Waals surface area contributed by atoms with Crippen molar-refractivity contribution in [1.29, 1.82) is 0 Å². The van der Waals surface area contributed by atoms with E-state index in [1.54, 1.807) is 0 Å². The quantitative estimate of drug-likeness (QED) is 0.399. The number of nitro groups is 1. The zero-order valence-corrected chi connectivity index (χ0v) is 15.3. The molecule has 4 amide bonds. The summed E-state index contributed by atoms with van der Waals surface area (Å²) in [6, 6.07) is 3.15. The molecule has 2 heterocycles. The van der Waals surface area contributed by atoms with Gasteiger partial charge in [-0.1, -0.05) is 0 Å². The number of nitrogens with zero attached hydrogens (tertiary/aromatic N) is 4. The van der Waals surface area contributed by atoms with Crippen molar-refractivity contribution in [2.24, 2.45) is 0 Å². The first-order chi connectivity index (χ1) is 14.0. The molecule has 2 aliphatic heterocycles. The Morgan fingerprint density at radius 2 is 1.60 bits per heavy atom. The van der Waals surface area contributed by atoms with E-state index in [9.17, 15) is 42.5 Å². The number of amides is 4. The molecule has 0 spiro atoms. The number of hydrogen-bond acceptors (Lipinski definition) is 6. The van der Waals surface area contributed by atoms with Gasteiger partial charge in [0, 0.05) is 38.3 Å². The summed E-state index contributed by atoms with van der Waals surface area (Å²) in [6.07, 6.45) is -4.91. The zero-order chi connectivity index (χ0) is 22.2. The lowest BCUT2D eigenvalue weighted by Crippen LogP contribution is -2.45. The number of nitro benzene ring substituents is 1. The molecule has 10 nitrogen and oxygen atoms in total. The largest absolute Gasteiger partial charge is 0.471 e. The number of non-ortho nitro benzene ring substituents is 1. The smallest absolute Gasteiger partial charge is 0.339 e. The summed E-state index contributed by atoms with van der Waals surface area (Å²) in [6.45, 7) is -1.31. The maximum atomic E-state index is 12.6. The number of hydrogen-bond donors (Lipinski definition) is 0. The Morgan fingerprint density at radius 1 is 1.00 bits per heavy atom. The highest BCUT2D eigenvalue weighted by atomic mass is 19.4. The minimum Gasteiger partial charge on any atom is -0.339 e. The Labute approximate surface area is 167 Å². The summed E-state index contributed by atoms with van der Waals surface area (Å²) in [5.41, 5.74) is -0.652. The van der Waals surface area contributed by atoms with Crippen LogP contribution >= 0.6 is 0 Å². The zero-order valence-electron chi connectivity index (χ0n) is 15.3. The molecule has 0 radical (unpaired) electrons. The summed E-state index contributed by atoms with van der Waals surface area (Å²) >= 11 is 0. The van der Waals surface area contributed by atoms with Gasteiger partial charge in [-0.3, -0.25) is 34.2 Å². The van der Waals surface area contributed by atoms with Crippen molar-refractivity contribution in [3.8, 4) is 0 Å². The van der Waals surface area contributed by atoms with E-state index in [0.717, 1.165) is 18.2 Å². The molecule has 0 bridgehead atoms. The van der Waals surface area contributed by atoms with Crippen molar-refractivity contribution in [2.45, 2.75) is 12.6 Å². The van der Waals surface area contributed by atoms with E-state index in [1.165, 1.54) is 4.90 Å². The molecule has 2 aliphatic rings. The predicted octanol–water partition coefficient (Wildman–Crippen LogP) is 0.814. The van der Waals surface area contributed by atoms with Gasteiger partial charge < -0.3 is 9.80 Å².